The molecule has 0 saturated carbocycles. The van der Waals surface area contributed by atoms with E-state index in [1.807, 2.05) is 24.5 Å². The van der Waals surface area contributed by atoms with Crippen LogP contribution in [0.4, 0.5) is 10.1 Å². The topological polar surface area (TPSA) is 45.7 Å². The minimum Gasteiger partial charge on any atom is -0.363 e. The van der Waals surface area contributed by atoms with Gasteiger partial charge in [0, 0.05) is 31.2 Å². The van der Waals surface area contributed by atoms with Crippen molar-refractivity contribution in [3.8, 4) is 0 Å². The number of morpholine rings is 1. The van der Waals surface area contributed by atoms with E-state index in [0.717, 1.165) is 44.6 Å². The second-order valence-electron chi connectivity index (χ2n) is 7.41. The summed E-state index contributed by atoms with van der Waals surface area (Å²) in [6.45, 7) is 3.45. The van der Waals surface area contributed by atoms with Gasteiger partial charge in [-0.1, -0.05) is 0 Å². The number of hydrogen-bond acceptors (Lipinski definition) is 4. The van der Waals surface area contributed by atoms with Crippen LogP contribution in [0.25, 0.3) is 0 Å². The third-order valence-corrected chi connectivity index (χ3v) is 5.53. The van der Waals surface area contributed by atoms with Crippen LogP contribution in [0.1, 0.15) is 24.8 Å². The molecule has 5 nitrogen and oxygen atoms in total. The van der Waals surface area contributed by atoms with Crippen LogP contribution in [0.3, 0.4) is 0 Å². The first kappa shape index (κ1) is 18.1. The molecule has 0 N–H and O–H groups in total. The molecule has 4 rings (SSSR count). The highest BCUT2D eigenvalue weighted by Crippen LogP contribution is 2.33. The Bertz CT molecular complexity index is 784. The second-order valence-corrected chi connectivity index (χ2v) is 7.41. The first-order valence-corrected chi connectivity index (χ1v) is 9.45. The SMILES string of the molecule is O=C1COC2(CCCN(Cc3ccncc3)CC2)CN1c1ccc(F)cc1. The standard InChI is InChI=1S/C21H24FN3O2/c22-18-2-4-19(5-3-18)25-16-21(27-15-20(25)26)8-1-12-24(13-9-21)14-17-6-10-23-11-7-17/h2-7,10-11H,1,8-9,12-16H2. The molecule has 1 atom stereocenters. The zero-order chi connectivity index (χ0) is 18.7. The first-order valence-electron chi connectivity index (χ1n) is 9.45. The quantitative estimate of drug-likeness (QED) is 0.834. The van der Waals surface area contributed by atoms with E-state index in [1.165, 1.54) is 17.7 Å². The van der Waals surface area contributed by atoms with Gasteiger partial charge in [-0.2, -0.15) is 0 Å². The van der Waals surface area contributed by atoms with Crippen LogP contribution < -0.4 is 4.90 Å². The molecular formula is C21H24FN3O2. The van der Waals surface area contributed by atoms with E-state index >= 15 is 0 Å². The van der Waals surface area contributed by atoms with Gasteiger partial charge in [0.1, 0.15) is 12.4 Å². The Morgan fingerprint density at radius 2 is 1.85 bits per heavy atom. The Kier molecular flexibility index (Phi) is 5.18. The molecule has 27 heavy (non-hydrogen) atoms. The molecule has 2 aliphatic heterocycles. The zero-order valence-electron chi connectivity index (χ0n) is 15.3. The molecule has 0 radical (unpaired) electrons. The number of halogens is 1. The van der Waals surface area contributed by atoms with Crippen LogP contribution in [0, 0.1) is 5.82 Å². The van der Waals surface area contributed by atoms with Crippen LogP contribution in [0.5, 0.6) is 0 Å². The van der Waals surface area contributed by atoms with E-state index < -0.39 is 0 Å². The third kappa shape index (κ3) is 4.17. The fraction of sp³-hybridized carbons (Fsp3) is 0.429. The van der Waals surface area contributed by atoms with Crippen molar-refractivity contribution in [3.05, 3.63) is 60.2 Å². The van der Waals surface area contributed by atoms with Gasteiger partial charge in [-0.05, 0) is 67.8 Å². The molecule has 2 saturated heterocycles. The monoisotopic (exact) mass is 369 g/mol. The maximum absolute atomic E-state index is 13.2. The largest absolute Gasteiger partial charge is 0.363 e. The lowest BCUT2D eigenvalue weighted by atomic mass is 9.92. The average Bonchev–Trinajstić information content (AvgIpc) is 2.88. The molecule has 1 aromatic carbocycles. The van der Waals surface area contributed by atoms with Crippen LogP contribution >= 0.6 is 0 Å². The molecule has 1 unspecified atom stereocenters. The molecule has 1 amide bonds. The summed E-state index contributed by atoms with van der Waals surface area (Å²) in [5.41, 5.74) is 1.67. The second kappa shape index (κ2) is 7.74. The molecule has 2 fully saturated rings. The van der Waals surface area contributed by atoms with E-state index in [4.69, 9.17) is 4.74 Å². The van der Waals surface area contributed by atoms with Crippen molar-refractivity contribution in [1.82, 2.24) is 9.88 Å². The van der Waals surface area contributed by atoms with Crippen LogP contribution in [-0.2, 0) is 16.1 Å². The maximum Gasteiger partial charge on any atom is 0.253 e. The summed E-state index contributed by atoms with van der Waals surface area (Å²) in [6.07, 6.45) is 6.47. The fourth-order valence-electron chi connectivity index (χ4n) is 4.00. The number of hydrogen-bond donors (Lipinski definition) is 0. The Morgan fingerprint density at radius 3 is 2.63 bits per heavy atom. The summed E-state index contributed by atoms with van der Waals surface area (Å²) < 4.78 is 19.3. The van der Waals surface area contributed by atoms with Crippen molar-refractivity contribution in [1.29, 1.82) is 0 Å². The van der Waals surface area contributed by atoms with E-state index in [1.54, 1.807) is 17.0 Å². The number of anilines is 1. The van der Waals surface area contributed by atoms with Crippen molar-refractivity contribution in [2.45, 2.75) is 31.4 Å². The Balaban J connectivity index is 1.45. The van der Waals surface area contributed by atoms with Crippen LogP contribution in [0.2, 0.25) is 0 Å². The predicted octanol–water partition coefficient (Wildman–Crippen LogP) is 3.01. The molecule has 0 aliphatic carbocycles. The number of rotatable bonds is 3. The summed E-state index contributed by atoms with van der Waals surface area (Å²) in [6, 6.07) is 10.2. The highest BCUT2D eigenvalue weighted by Gasteiger charge is 2.41. The van der Waals surface area contributed by atoms with Gasteiger partial charge < -0.3 is 9.64 Å². The zero-order valence-corrected chi connectivity index (χ0v) is 15.3. The smallest absolute Gasteiger partial charge is 0.253 e. The van der Waals surface area contributed by atoms with Gasteiger partial charge in [-0.3, -0.25) is 14.7 Å². The lowest BCUT2D eigenvalue weighted by molar-refractivity contribution is -0.140. The molecule has 2 aromatic rings. The highest BCUT2D eigenvalue weighted by molar-refractivity contribution is 5.95. The van der Waals surface area contributed by atoms with Crippen molar-refractivity contribution in [2.24, 2.45) is 0 Å². The van der Waals surface area contributed by atoms with E-state index in [0.29, 0.717) is 6.54 Å². The number of amides is 1. The van der Waals surface area contributed by atoms with Gasteiger partial charge in [0.25, 0.3) is 5.91 Å². The molecule has 1 spiro atoms. The number of pyridine rings is 1. The third-order valence-electron chi connectivity index (χ3n) is 5.53. The number of carbonyl (C=O) groups excluding carboxylic acids is 1. The molecule has 0 bridgehead atoms. The summed E-state index contributed by atoms with van der Waals surface area (Å²) in [5.74, 6) is -0.361. The van der Waals surface area contributed by atoms with Gasteiger partial charge in [0.2, 0.25) is 0 Å². The number of ether oxygens (including phenoxy) is 1. The predicted molar refractivity (Wildman–Crippen MR) is 101 cm³/mol. The Morgan fingerprint density at radius 1 is 1.07 bits per heavy atom. The van der Waals surface area contributed by atoms with Gasteiger partial charge in [-0.15, -0.1) is 0 Å². The minimum absolute atomic E-state index is 0.0647. The summed E-state index contributed by atoms with van der Waals surface area (Å²) >= 11 is 0. The molecule has 2 aliphatic rings. The number of carbonyl (C=O) groups is 1. The summed E-state index contributed by atoms with van der Waals surface area (Å²) in [7, 11) is 0. The maximum atomic E-state index is 13.2. The molecule has 6 heteroatoms. The summed E-state index contributed by atoms with van der Waals surface area (Å²) in [5, 5.41) is 0. The van der Waals surface area contributed by atoms with Crippen molar-refractivity contribution in [3.63, 3.8) is 0 Å². The highest BCUT2D eigenvalue weighted by atomic mass is 19.1. The lowest BCUT2D eigenvalue weighted by Gasteiger charge is -2.42. The molecular weight excluding hydrogens is 345 g/mol. The Hall–Kier alpha value is -2.31. The summed E-state index contributed by atoms with van der Waals surface area (Å²) in [4.78, 5) is 20.7. The first-order chi connectivity index (χ1) is 13.1. The van der Waals surface area contributed by atoms with Crippen molar-refractivity contribution < 1.29 is 13.9 Å². The van der Waals surface area contributed by atoms with Crippen molar-refractivity contribution in [2.75, 3.05) is 31.1 Å². The van der Waals surface area contributed by atoms with Gasteiger partial charge in [0.05, 0.1) is 12.1 Å². The Labute approximate surface area is 158 Å². The number of aromatic nitrogens is 1. The lowest BCUT2D eigenvalue weighted by Crippen LogP contribution is -2.55. The number of likely N-dealkylation sites (tertiary alicyclic amines) is 1. The molecule has 3 heterocycles. The number of benzene rings is 1. The van der Waals surface area contributed by atoms with E-state index in [-0.39, 0.29) is 23.9 Å². The van der Waals surface area contributed by atoms with Crippen molar-refractivity contribution >= 4 is 11.6 Å². The molecule has 1 aromatic heterocycles. The van der Waals surface area contributed by atoms with Gasteiger partial charge in [-0.25, -0.2) is 4.39 Å². The minimum atomic E-state index is -0.324. The van der Waals surface area contributed by atoms with Gasteiger partial charge in [0.15, 0.2) is 0 Å². The molecule has 142 valence electrons. The van der Waals surface area contributed by atoms with E-state index in [2.05, 4.69) is 9.88 Å². The fourth-order valence-corrected chi connectivity index (χ4v) is 4.00. The van der Waals surface area contributed by atoms with Crippen LogP contribution in [0.15, 0.2) is 48.8 Å². The van der Waals surface area contributed by atoms with Crippen LogP contribution in [-0.4, -0.2) is 47.6 Å². The average molecular weight is 369 g/mol. The number of nitrogens with zero attached hydrogens (tertiary/aromatic N) is 3. The van der Waals surface area contributed by atoms with E-state index in [9.17, 15) is 9.18 Å². The van der Waals surface area contributed by atoms with Gasteiger partial charge >= 0.3 is 0 Å². The normalized spacial score (nSPS) is 24.2.